The van der Waals surface area contributed by atoms with Crippen LogP contribution in [0.2, 0.25) is 0 Å². The fourth-order valence-electron chi connectivity index (χ4n) is 3.80. The molecule has 0 aliphatic heterocycles. The van der Waals surface area contributed by atoms with Crippen LogP contribution >= 0.6 is 0 Å². The van der Waals surface area contributed by atoms with Gasteiger partial charge in [-0.05, 0) is 66.9 Å². The Morgan fingerprint density at radius 2 is 0.821 bits per heavy atom. The first-order chi connectivity index (χ1) is 19.1. The number of unbranched alkanes of at least 4 members (excludes halogenated alkanes) is 1. The lowest BCUT2D eigenvalue weighted by atomic mass is 9.80. The second kappa shape index (κ2) is 17.5. The first kappa shape index (κ1) is 29.6. The Hall–Kier alpha value is -4.00. The molecule has 5 rings (SSSR count). The lowest BCUT2D eigenvalue weighted by Gasteiger charge is -2.26. The zero-order valence-electron chi connectivity index (χ0n) is 22.5. The van der Waals surface area contributed by atoms with Gasteiger partial charge >= 0.3 is 0 Å². The molecule has 0 aromatic heterocycles. The maximum Gasteiger partial charge on any atom is 0.134 e. The summed E-state index contributed by atoms with van der Waals surface area (Å²) in [6.07, 6.45) is 3.34. The topological polar surface area (TPSA) is 79.3 Å². The Morgan fingerprint density at radius 3 is 1.10 bits per heavy atom. The van der Waals surface area contributed by atoms with E-state index in [1.807, 2.05) is 36.4 Å². The Balaban J connectivity index is 0.000000162. The van der Waals surface area contributed by atoms with E-state index in [0.717, 1.165) is 19.3 Å². The smallest absolute Gasteiger partial charge is 0.134 e. The number of hydrogen-bond donors (Lipinski definition) is 2. The van der Waals surface area contributed by atoms with Crippen LogP contribution < -0.4 is 26.1 Å². The molecule has 0 saturated carbocycles. The Morgan fingerprint density at radius 1 is 0.487 bits per heavy atom. The maximum atomic E-state index is 10.5. The average molecular weight is 516 g/mol. The van der Waals surface area contributed by atoms with Gasteiger partial charge in [0.15, 0.2) is 0 Å². The van der Waals surface area contributed by atoms with E-state index in [2.05, 4.69) is 115 Å². The van der Waals surface area contributed by atoms with Crippen LogP contribution in [0, 0.1) is 0 Å². The van der Waals surface area contributed by atoms with E-state index < -0.39 is 7.12 Å². The first-order valence-corrected chi connectivity index (χ1v) is 13.4. The van der Waals surface area contributed by atoms with Crippen LogP contribution in [0.1, 0.15) is 25.3 Å². The van der Waals surface area contributed by atoms with Gasteiger partial charge in [-0.3, -0.25) is 10.6 Å². The monoisotopic (exact) mass is 516 g/mol. The minimum absolute atomic E-state index is 0.334. The number of para-hydroxylation sites is 4. The molecule has 0 bridgehead atoms. The number of benzene rings is 5. The Kier molecular flexibility index (Phi) is 13.3. The minimum Gasteiger partial charge on any atom is -0.889 e. The van der Waals surface area contributed by atoms with E-state index in [-0.39, 0.29) is 0 Å². The van der Waals surface area contributed by atoms with Gasteiger partial charge in [0.25, 0.3) is 0 Å². The highest BCUT2D eigenvalue weighted by Gasteiger charge is 1.97. The van der Waals surface area contributed by atoms with Crippen molar-refractivity contribution in [1.82, 2.24) is 0 Å². The van der Waals surface area contributed by atoms with E-state index in [1.165, 1.54) is 28.3 Å². The molecule has 198 valence electrons. The molecule has 0 atom stereocenters. The number of hydrogen-bond acceptors (Lipinski definition) is 2. The summed E-state index contributed by atoms with van der Waals surface area (Å²) in [5.74, 6) is 0. The van der Waals surface area contributed by atoms with Crippen molar-refractivity contribution in [3.63, 3.8) is 0 Å². The molecular formula is C34H37BN2O2. The van der Waals surface area contributed by atoms with E-state index in [1.54, 1.807) is 12.1 Å². The summed E-state index contributed by atoms with van der Waals surface area (Å²) in [6, 6.07) is 48.4. The van der Waals surface area contributed by atoms with Crippen molar-refractivity contribution in [3.05, 3.63) is 151 Å². The van der Waals surface area contributed by atoms with Crippen LogP contribution in [0.25, 0.3) is 0 Å². The highest BCUT2D eigenvalue weighted by Crippen LogP contribution is 2.05. The van der Waals surface area contributed by atoms with Crippen LogP contribution in [-0.2, 0) is 6.42 Å². The van der Waals surface area contributed by atoms with Crippen molar-refractivity contribution in [2.24, 2.45) is 0 Å². The highest BCUT2D eigenvalue weighted by atomic mass is 16.4. The van der Waals surface area contributed by atoms with Gasteiger partial charge < -0.3 is 10.0 Å². The van der Waals surface area contributed by atoms with E-state index in [0.29, 0.717) is 5.46 Å². The van der Waals surface area contributed by atoms with Gasteiger partial charge in [0.2, 0.25) is 0 Å². The van der Waals surface area contributed by atoms with Crippen molar-refractivity contribution < 1.29 is 20.7 Å². The summed E-state index contributed by atoms with van der Waals surface area (Å²) in [4.78, 5) is 0. The standard InChI is InChI=1S/2C12H11N.C10H13BO2/c2*1-3-7-11(8-4-1)13-12-9-5-2-6-10-12;1-2-3-4-9-5-7-10(8-6-9)11(12)13/h2*1-10,13H;5-8H,2-4H2,1H3/q;;-2/p+2. The highest BCUT2D eigenvalue weighted by molar-refractivity contribution is 6.55. The molecule has 0 unspecified atom stereocenters. The molecule has 0 radical (unpaired) electrons. The van der Waals surface area contributed by atoms with Crippen molar-refractivity contribution in [2.45, 2.75) is 26.2 Å². The molecule has 0 fully saturated rings. The zero-order valence-corrected chi connectivity index (χ0v) is 22.5. The molecule has 0 aliphatic rings. The Bertz CT molecular complexity index is 1130. The second-order valence-electron chi connectivity index (χ2n) is 9.11. The number of aryl methyl sites for hydroxylation is 1. The molecular weight excluding hydrogens is 479 g/mol. The maximum absolute atomic E-state index is 10.5. The van der Waals surface area contributed by atoms with Crippen LogP contribution in [-0.4, -0.2) is 7.12 Å². The van der Waals surface area contributed by atoms with E-state index in [9.17, 15) is 10.0 Å². The fourth-order valence-corrected chi connectivity index (χ4v) is 3.80. The third-order valence-corrected chi connectivity index (χ3v) is 5.94. The SMILES string of the molecule is CCCCc1ccc(B([O-])[O-])cc1.c1ccc([NH2+]c2ccccc2)cc1.c1ccc([NH2+]c2ccccc2)cc1. The number of rotatable bonds is 8. The largest absolute Gasteiger partial charge is 0.889 e. The van der Waals surface area contributed by atoms with Gasteiger partial charge in [-0.2, -0.15) is 0 Å². The molecule has 0 aliphatic carbocycles. The lowest BCUT2D eigenvalue weighted by molar-refractivity contribution is -0.479. The molecule has 5 aromatic rings. The molecule has 4 nitrogen and oxygen atoms in total. The summed E-state index contributed by atoms with van der Waals surface area (Å²) >= 11 is 0. The second-order valence-corrected chi connectivity index (χ2v) is 9.11. The summed E-state index contributed by atoms with van der Waals surface area (Å²) in [5, 5.41) is 25.3. The van der Waals surface area contributed by atoms with E-state index >= 15 is 0 Å². The van der Waals surface area contributed by atoms with Crippen molar-refractivity contribution in [2.75, 3.05) is 0 Å². The summed E-state index contributed by atoms with van der Waals surface area (Å²) in [7, 11) is -1.85. The number of quaternary nitrogens is 2. The normalized spacial score (nSPS) is 9.92. The predicted octanol–water partition coefficient (Wildman–Crippen LogP) is 3.87. The van der Waals surface area contributed by atoms with Crippen LogP contribution in [0.4, 0.5) is 22.7 Å². The molecule has 39 heavy (non-hydrogen) atoms. The summed E-state index contributed by atoms with van der Waals surface area (Å²) < 4.78 is 0. The first-order valence-electron chi connectivity index (χ1n) is 13.4. The van der Waals surface area contributed by atoms with Gasteiger partial charge in [0.05, 0.1) is 0 Å². The van der Waals surface area contributed by atoms with Gasteiger partial charge in [-0.1, -0.05) is 118 Å². The predicted molar refractivity (Wildman–Crippen MR) is 159 cm³/mol. The lowest BCUT2D eigenvalue weighted by Crippen LogP contribution is -2.70. The molecule has 0 heterocycles. The quantitative estimate of drug-likeness (QED) is 0.243. The van der Waals surface area contributed by atoms with Gasteiger partial charge in [-0.15, -0.1) is 5.46 Å². The Labute approximate surface area is 233 Å². The van der Waals surface area contributed by atoms with E-state index in [4.69, 9.17) is 0 Å². The molecule has 5 heteroatoms. The zero-order chi connectivity index (χ0) is 27.5. The van der Waals surface area contributed by atoms with Crippen LogP contribution in [0.3, 0.4) is 0 Å². The molecule has 0 spiro atoms. The molecule has 5 aromatic carbocycles. The third kappa shape index (κ3) is 11.9. The van der Waals surface area contributed by atoms with Crippen molar-refractivity contribution in [3.8, 4) is 0 Å². The summed E-state index contributed by atoms with van der Waals surface area (Å²) in [5.41, 5.74) is 6.51. The average Bonchev–Trinajstić information content (AvgIpc) is 2.99. The number of nitrogens with two attached hydrogens (primary N) is 2. The molecule has 4 N–H and O–H groups in total. The van der Waals surface area contributed by atoms with Gasteiger partial charge in [0.1, 0.15) is 22.7 Å². The van der Waals surface area contributed by atoms with Gasteiger partial charge in [-0.25, -0.2) is 0 Å². The minimum atomic E-state index is -1.85. The fraction of sp³-hybridized carbons (Fsp3) is 0.118. The van der Waals surface area contributed by atoms with Crippen molar-refractivity contribution >= 4 is 35.3 Å². The third-order valence-electron chi connectivity index (χ3n) is 5.94. The van der Waals surface area contributed by atoms with Gasteiger partial charge in [0, 0.05) is 0 Å². The summed E-state index contributed by atoms with van der Waals surface area (Å²) in [6.45, 7) is 2.14. The van der Waals surface area contributed by atoms with Crippen LogP contribution in [0.5, 0.6) is 0 Å². The van der Waals surface area contributed by atoms with Crippen molar-refractivity contribution in [1.29, 1.82) is 0 Å². The molecule has 0 amide bonds. The molecule has 0 saturated heterocycles. The van der Waals surface area contributed by atoms with Crippen LogP contribution in [0.15, 0.2) is 146 Å².